The molecule has 1 N–H and O–H groups in total. The molecule has 2 heterocycles. The molecule has 0 spiro atoms. The fourth-order valence-electron chi connectivity index (χ4n) is 2.25. The Hall–Kier alpha value is -1.75. The van der Waals surface area contributed by atoms with Gasteiger partial charge in [-0.3, -0.25) is 4.68 Å². The number of hydrogen-bond acceptors (Lipinski definition) is 4. The minimum atomic E-state index is 0.506. The van der Waals surface area contributed by atoms with Crippen molar-refractivity contribution >= 4 is 0 Å². The first-order valence-electron chi connectivity index (χ1n) is 7.04. The zero-order valence-corrected chi connectivity index (χ0v) is 12.9. The van der Waals surface area contributed by atoms with E-state index < -0.39 is 0 Å². The van der Waals surface area contributed by atoms with Crippen molar-refractivity contribution in [2.24, 2.45) is 7.05 Å². The number of aryl methyl sites for hydroxylation is 3. The van der Waals surface area contributed by atoms with Crippen molar-refractivity contribution in [3.8, 4) is 11.4 Å². The smallest absolute Gasteiger partial charge is 0.162 e. The summed E-state index contributed by atoms with van der Waals surface area (Å²) in [7, 11) is 1.90. The summed E-state index contributed by atoms with van der Waals surface area (Å²) in [4.78, 5) is 9.25. The van der Waals surface area contributed by atoms with Gasteiger partial charge in [-0.2, -0.15) is 5.10 Å². The van der Waals surface area contributed by atoms with Crippen molar-refractivity contribution < 1.29 is 0 Å². The Kier molecular flexibility index (Phi) is 4.49. The predicted octanol–water partition coefficient (Wildman–Crippen LogP) is 2.03. The highest BCUT2D eigenvalue weighted by molar-refractivity contribution is 5.53. The van der Waals surface area contributed by atoms with Gasteiger partial charge in [0.05, 0.1) is 11.8 Å². The van der Waals surface area contributed by atoms with Crippen LogP contribution in [0.1, 0.15) is 30.8 Å². The number of aromatic nitrogens is 4. The van der Waals surface area contributed by atoms with Crippen LogP contribution in [0.5, 0.6) is 0 Å². The lowest BCUT2D eigenvalue weighted by atomic mass is 10.1. The van der Waals surface area contributed by atoms with E-state index in [4.69, 9.17) is 0 Å². The van der Waals surface area contributed by atoms with Crippen LogP contribution in [0.4, 0.5) is 0 Å². The average molecular weight is 273 g/mol. The van der Waals surface area contributed by atoms with E-state index in [0.29, 0.717) is 6.04 Å². The summed E-state index contributed by atoms with van der Waals surface area (Å²) >= 11 is 0. The quantitative estimate of drug-likeness (QED) is 0.905. The topological polar surface area (TPSA) is 55.6 Å². The molecule has 108 valence electrons. The standard InChI is InChI=1S/C15H23N5/c1-10(2)16-7-6-14-11(3)18-15(19-12(14)4)13-8-17-20(5)9-13/h8-10,16H,6-7H2,1-5H3. The molecule has 0 aliphatic heterocycles. The van der Waals surface area contributed by atoms with Crippen LogP contribution in [0.3, 0.4) is 0 Å². The van der Waals surface area contributed by atoms with Gasteiger partial charge in [0.1, 0.15) is 0 Å². The van der Waals surface area contributed by atoms with Gasteiger partial charge in [-0.25, -0.2) is 9.97 Å². The van der Waals surface area contributed by atoms with Crippen molar-refractivity contribution in [1.82, 2.24) is 25.1 Å². The summed E-state index contributed by atoms with van der Waals surface area (Å²) < 4.78 is 1.77. The Morgan fingerprint density at radius 2 is 1.85 bits per heavy atom. The fourth-order valence-corrected chi connectivity index (χ4v) is 2.25. The van der Waals surface area contributed by atoms with Gasteiger partial charge in [-0.15, -0.1) is 0 Å². The zero-order chi connectivity index (χ0) is 14.7. The van der Waals surface area contributed by atoms with Crippen LogP contribution < -0.4 is 5.32 Å². The molecule has 20 heavy (non-hydrogen) atoms. The molecular formula is C15H23N5. The highest BCUT2D eigenvalue weighted by Crippen LogP contribution is 2.18. The van der Waals surface area contributed by atoms with E-state index in [1.807, 2.05) is 13.2 Å². The van der Waals surface area contributed by atoms with E-state index in [9.17, 15) is 0 Å². The maximum absolute atomic E-state index is 4.62. The van der Waals surface area contributed by atoms with Crippen molar-refractivity contribution in [2.45, 2.75) is 40.2 Å². The van der Waals surface area contributed by atoms with Crippen LogP contribution in [0.2, 0.25) is 0 Å². The van der Waals surface area contributed by atoms with E-state index in [0.717, 1.165) is 35.7 Å². The summed E-state index contributed by atoms with van der Waals surface area (Å²) in [6.07, 6.45) is 4.70. The molecule has 0 saturated heterocycles. The van der Waals surface area contributed by atoms with Gasteiger partial charge < -0.3 is 5.32 Å². The first kappa shape index (κ1) is 14.7. The summed E-state index contributed by atoms with van der Waals surface area (Å²) in [5.74, 6) is 0.758. The van der Waals surface area contributed by atoms with Crippen LogP contribution in [0.25, 0.3) is 11.4 Å². The normalized spacial score (nSPS) is 11.3. The van der Waals surface area contributed by atoms with Crippen LogP contribution in [0, 0.1) is 13.8 Å². The van der Waals surface area contributed by atoms with Crippen LogP contribution in [-0.2, 0) is 13.5 Å². The molecule has 0 bridgehead atoms. The number of rotatable bonds is 5. The molecule has 0 saturated carbocycles. The predicted molar refractivity (Wildman–Crippen MR) is 80.6 cm³/mol. The molecular weight excluding hydrogens is 250 g/mol. The van der Waals surface area contributed by atoms with Crippen molar-refractivity contribution in [2.75, 3.05) is 6.54 Å². The van der Waals surface area contributed by atoms with E-state index in [1.165, 1.54) is 5.56 Å². The van der Waals surface area contributed by atoms with Gasteiger partial charge in [0.15, 0.2) is 5.82 Å². The van der Waals surface area contributed by atoms with Gasteiger partial charge in [0.25, 0.3) is 0 Å². The third kappa shape index (κ3) is 3.42. The lowest BCUT2D eigenvalue weighted by Gasteiger charge is -2.12. The summed E-state index contributed by atoms with van der Waals surface area (Å²) in [5, 5.41) is 7.60. The molecule has 0 aliphatic carbocycles. The monoisotopic (exact) mass is 273 g/mol. The Bertz CT molecular complexity index is 563. The molecule has 0 aliphatic rings. The van der Waals surface area contributed by atoms with Crippen molar-refractivity contribution in [3.63, 3.8) is 0 Å². The second-order valence-electron chi connectivity index (χ2n) is 5.46. The number of hydrogen-bond donors (Lipinski definition) is 1. The van der Waals surface area contributed by atoms with Gasteiger partial charge >= 0.3 is 0 Å². The zero-order valence-electron chi connectivity index (χ0n) is 12.9. The molecule has 0 fully saturated rings. The number of nitrogens with zero attached hydrogens (tertiary/aromatic N) is 4. The number of nitrogens with one attached hydrogen (secondary N) is 1. The Morgan fingerprint density at radius 3 is 2.35 bits per heavy atom. The van der Waals surface area contributed by atoms with Crippen molar-refractivity contribution in [1.29, 1.82) is 0 Å². The molecule has 0 atom stereocenters. The molecule has 0 amide bonds. The summed E-state index contributed by atoms with van der Waals surface area (Å²) in [6, 6.07) is 0.506. The van der Waals surface area contributed by atoms with E-state index >= 15 is 0 Å². The Morgan fingerprint density at radius 1 is 1.20 bits per heavy atom. The van der Waals surface area contributed by atoms with E-state index in [2.05, 4.69) is 48.1 Å². The van der Waals surface area contributed by atoms with Gasteiger partial charge in [0, 0.05) is 30.7 Å². The molecule has 2 aromatic heterocycles. The molecule has 0 unspecified atom stereocenters. The summed E-state index contributed by atoms with van der Waals surface area (Å²) in [5.41, 5.74) is 4.32. The first-order valence-corrected chi connectivity index (χ1v) is 7.04. The van der Waals surface area contributed by atoms with Crippen LogP contribution in [-0.4, -0.2) is 32.3 Å². The third-order valence-electron chi connectivity index (χ3n) is 3.31. The van der Waals surface area contributed by atoms with Gasteiger partial charge in [-0.1, -0.05) is 13.8 Å². The lowest BCUT2D eigenvalue weighted by molar-refractivity contribution is 0.588. The third-order valence-corrected chi connectivity index (χ3v) is 3.31. The summed E-state index contributed by atoms with van der Waals surface area (Å²) in [6.45, 7) is 9.37. The van der Waals surface area contributed by atoms with Crippen LogP contribution in [0.15, 0.2) is 12.4 Å². The minimum absolute atomic E-state index is 0.506. The minimum Gasteiger partial charge on any atom is -0.314 e. The molecule has 5 nitrogen and oxygen atoms in total. The van der Waals surface area contributed by atoms with E-state index in [1.54, 1.807) is 10.9 Å². The maximum Gasteiger partial charge on any atom is 0.162 e. The molecule has 0 radical (unpaired) electrons. The lowest BCUT2D eigenvalue weighted by Crippen LogP contribution is -2.25. The fraction of sp³-hybridized carbons (Fsp3) is 0.533. The Balaban J connectivity index is 2.20. The second-order valence-corrected chi connectivity index (χ2v) is 5.46. The maximum atomic E-state index is 4.62. The highest BCUT2D eigenvalue weighted by atomic mass is 15.2. The first-order chi connectivity index (χ1) is 9.47. The average Bonchev–Trinajstić information content (AvgIpc) is 2.79. The van der Waals surface area contributed by atoms with Crippen LogP contribution >= 0.6 is 0 Å². The largest absolute Gasteiger partial charge is 0.314 e. The van der Waals surface area contributed by atoms with Gasteiger partial charge in [0.2, 0.25) is 0 Å². The molecule has 0 aromatic carbocycles. The highest BCUT2D eigenvalue weighted by Gasteiger charge is 2.11. The SMILES string of the molecule is Cc1nc(-c2cnn(C)c2)nc(C)c1CCNC(C)C. The van der Waals surface area contributed by atoms with Gasteiger partial charge in [-0.05, 0) is 32.4 Å². The van der Waals surface area contributed by atoms with Crippen molar-refractivity contribution in [3.05, 3.63) is 29.3 Å². The molecule has 2 rings (SSSR count). The Labute approximate surface area is 120 Å². The molecule has 2 aromatic rings. The van der Waals surface area contributed by atoms with E-state index in [-0.39, 0.29) is 0 Å². The second kappa shape index (κ2) is 6.13. The molecule has 5 heteroatoms.